The number of rotatable bonds is 4. The summed E-state index contributed by atoms with van der Waals surface area (Å²) < 4.78 is 14.9. The van der Waals surface area contributed by atoms with E-state index in [1.54, 1.807) is 0 Å². The average Bonchev–Trinajstić information content (AvgIpc) is 1.30. The number of nitrogens with zero attached hydrogens (tertiary/aromatic N) is 3. The summed E-state index contributed by atoms with van der Waals surface area (Å²) in [6.07, 6.45) is 2.21. The molecule has 6 heteroatoms. The number of benzene rings is 8. The van der Waals surface area contributed by atoms with Crippen LogP contribution in [0.5, 0.6) is 11.5 Å². The fraction of sp³-hybridized carbons (Fsp3) is 0.359. The van der Waals surface area contributed by atoms with Crippen molar-refractivity contribution in [2.75, 3.05) is 14.7 Å². The molecule has 0 amide bonds. The number of hydrogen-bond acceptors (Lipinski definition) is 5. The maximum Gasteiger partial charge on any atom is 0.297 e. The minimum absolute atomic E-state index is 0.0404. The van der Waals surface area contributed by atoms with E-state index in [0.717, 1.165) is 86.5 Å². The Morgan fingerprint density at radius 2 is 0.881 bits per heavy atom. The zero-order valence-electron chi connectivity index (χ0n) is 53.6. The highest BCUT2D eigenvalue weighted by molar-refractivity contribution is 7.00. The van der Waals surface area contributed by atoms with Crippen molar-refractivity contribution in [3.05, 3.63) is 191 Å². The molecule has 13 rings (SSSR count). The Kier molecular flexibility index (Phi) is 12.3. The highest BCUT2D eigenvalue weighted by Gasteiger charge is 2.50. The van der Waals surface area contributed by atoms with Crippen molar-refractivity contribution in [3.63, 3.8) is 0 Å². The van der Waals surface area contributed by atoms with Crippen LogP contribution < -0.4 is 36.0 Å². The smallest absolute Gasteiger partial charge is 0.297 e. The standard InChI is InChI=1S/C78H86BN3O2/c1-72(2,3)48-25-31-53(32-26-48)81-64-43-54(80-61-34-28-51(75(10,11)12)41-67(61)83-68-42-52(76(13,14)15)29-35-62(68)80)44-65-69(64)79(71-70(81)56-40-50(74(7,8)9)30-36-66(56)84-71)59-45-57-58(78(18,19)38-37-77(57,16)17)46-63(59)82(65)60-33-27-49(73(4,5)6)39-55(60)47-23-21-20-22-24-47/h20-36,39-46H,37-38H2,1-19H3. The van der Waals surface area contributed by atoms with Gasteiger partial charge in [-0.05, 0) is 185 Å². The van der Waals surface area contributed by atoms with Gasteiger partial charge in [0.25, 0.3) is 6.71 Å². The Bertz CT molecular complexity index is 4080. The predicted molar refractivity (Wildman–Crippen MR) is 359 cm³/mol. The van der Waals surface area contributed by atoms with Gasteiger partial charge in [-0.25, -0.2) is 0 Å². The first-order valence-electron chi connectivity index (χ1n) is 30.9. The molecule has 4 aliphatic rings. The minimum Gasteiger partial charge on any atom is -0.468 e. The van der Waals surface area contributed by atoms with Crippen molar-refractivity contribution in [2.24, 2.45) is 0 Å². The van der Waals surface area contributed by atoms with Gasteiger partial charge in [-0.15, -0.1) is 0 Å². The average molecular weight is 1110 g/mol. The number of ether oxygens (including phenoxy) is 1. The van der Waals surface area contributed by atoms with E-state index in [-0.39, 0.29) is 44.6 Å². The summed E-state index contributed by atoms with van der Waals surface area (Å²) in [5.74, 6) is 1.70. The van der Waals surface area contributed by atoms with E-state index in [1.165, 1.54) is 66.7 Å². The van der Waals surface area contributed by atoms with Crippen LogP contribution in [0.2, 0.25) is 0 Å². The molecule has 4 heterocycles. The molecular formula is C78H86BN3O2. The number of furan rings is 1. The molecule has 0 radical (unpaired) electrons. The topological polar surface area (TPSA) is 32.1 Å². The van der Waals surface area contributed by atoms with E-state index in [1.807, 2.05) is 0 Å². The van der Waals surface area contributed by atoms with Crippen LogP contribution in [0.15, 0.2) is 156 Å². The van der Waals surface area contributed by atoms with Gasteiger partial charge in [-0.2, -0.15) is 0 Å². The second kappa shape index (κ2) is 18.5. The predicted octanol–water partition coefficient (Wildman–Crippen LogP) is 20.6. The normalized spacial score (nSPS) is 16.1. The van der Waals surface area contributed by atoms with Gasteiger partial charge in [0, 0.05) is 33.7 Å². The molecule has 0 saturated heterocycles. The van der Waals surface area contributed by atoms with Crippen molar-refractivity contribution >= 4 is 85.5 Å². The van der Waals surface area contributed by atoms with Gasteiger partial charge in [0.1, 0.15) is 5.58 Å². The summed E-state index contributed by atoms with van der Waals surface area (Å²) in [6.45, 7) is 44.2. The Hall–Kier alpha value is -7.44. The lowest BCUT2D eigenvalue weighted by Gasteiger charge is -2.47. The summed E-state index contributed by atoms with van der Waals surface area (Å²) in [4.78, 5) is 7.73. The molecule has 9 aromatic rings. The molecule has 0 fully saturated rings. The molecule has 0 N–H and O–H groups in total. The highest BCUT2D eigenvalue weighted by atomic mass is 16.5. The molecule has 8 aromatic carbocycles. The van der Waals surface area contributed by atoms with Crippen molar-refractivity contribution in [3.8, 4) is 22.6 Å². The first-order valence-corrected chi connectivity index (χ1v) is 30.9. The molecule has 3 aliphatic heterocycles. The fourth-order valence-corrected chi connectivity index (χ4v) is 13.8. The van der Waals surface area contributed by atoms with E-state index >= 15 is 0 Å². The molecule has 84 heavy (non-hydrogen) atoms. The van der Waals surface area contributed by atoms with Gasteiger partial charge in [-0.3, -0.25) is 0 Å². The molecule has 0 unspecified atom stereocenters. The molecule has 0 spiro atoms. The molecule has 1 aromatic heterocycles. The number of fused-ring (bicyclic) bond motifs is 9. The van der Waals surface area contributed by atoms with E-state index in [4.69, 9.17) is 9.15 Å². The quantitative estimate of drug-likeness (QED) is 0.164. The van der Waals surface area contributed by atoms with Gasteiger partial charge < -0.3 is 23.9 Å². The monoisotopic (exact) mass is 1110 g/mol. The fourth-order valence-electron chi connectivity index (χ4n) is 13.8. The van der Waals surface area contributed by atoms with Crippen LogP contribution in [-0.4, -0.2) is 6.71 Å². The first kappa shape index (κ1) is 55.7. The van der Waals surface area contributed by atoms with Gasteiger partial charge in [0.2, 0.25) is 0 Å². The molecular weight excluding hydrogens is 1020 g/mol. The zero-order valence-corrected chi connectivity index (χ0v) is 53.6. The highest BCUT2D eigenvalue weighted by Crippen LogP contribution is 2.57. The van der Waals surface area contributed by atoms with E-state index in [0.29, 0.717) is 0 Å². The van der Waals surface area contributed by atoms with Crippen LogP contribution in [0.25, 0.3) is 22.1 Å². The second-order valence-corrected chi connectivity index (χ2v) is 31.4. The van der Waals surface area contributed by atoms with Crippen molar-refractivity contribution in [2.45, 2.75) is 182 Å². The Labute approximate surface area is 502 Å². The summed E-state index contributed by atoms with van der Waals surface area (Å²) in [5, 5.41) is 1.12. The van der Waals surface area contributed by atoms with E-state index in [2.05, 4.69) is 298 Å². The Morgan fingerprint density at radius 3 is 1.43 bits per heavy atom. The van der Waals surface area contributed by atoms with Gasteiger partial charge in [-0.1, -0.05) is 204 Å². The van der Waals surface area contributed by atoms with Crippen LogP contribution in [0, 0.1) is 0 Å². The molecule has 1 aliphatic carbocycles. The molecule has 0 atom stereocenters. The minimum atomic E-state index is -0.256. The number of hydrogen-bond donors (Lipinski definition) is 0. The van der Waals surface area contributed by atoms with Crippen molar-refractivity contribution in [1.82, 2.24) is 0 Å². The molecule has 5 nitrogen and oxygen atoms in total. The first-order chi connectivity index (χ1) is 39.3. The van der Waals surface area contributed by atoms with Crippen LogP contribution in [-0.2, 0) is 37.9 Å². The van der Waals surface area contributed by atoms with Crippen molar-refractivity contribution < 1.29 is 9.15 Å². The molecule has 0 saturated carbocycles. The van der Waals surface area contributed by atoms with Gasteiger partial charge in [0.15, 0.2) is 11.5 Å². The maximum atomic E-state index is 7.65. The third-order valence-corrected chi connectivity index (χ3v) is 19.3. The Balaban J connectivity index is 1.22. The van der Waals surface area contributed by atoms with Crippen LogP contribution in [0.1, 0.15) is 183 Å². The second-order valence-electron chi connectivity index (χ2n) is 31.4. The van der Waals surface area contributed by atoms with E-state index < -0.39 is 0 Å². The van der Waals surface area contributed by atoms with Crippen LogP contribution in [0.4, 0.5) is 51.2 Å². The van der Waals surface area contributed by atoms with Crippen LogP contribution >= 0.6 is 0 Å². The lowest BCUT2D eigenvalue weighted by atomic mass is 9.35. The third kappa shape index (κ3) is 9.02. The van der Waals surface area contributed by atoms with Gasteiger partial charge in [0.05, 0.1) is 34.1 Å². The summed E-state index contributed by atoms with van der Waals surface area (Å²) in [6, 6.07) is 58.7. The maximum absolute atomic E-state index is 7.65. The lowest BCUT2D eigenvalue weighted by molar-refractivity contribution is 0.332. The lowest BCUT2D eigenvalue weighted by Crippen LogP contribution is -2.61. The molecule has 0 bridgehead atoms. The largest absolute Gasteiger partial charge is 0.468 e. The van der Waals surface area contributed by atoms with E-state index in [9.17, 15) is 0 Å². The summed E-state index contributed by atoms with van der Waals surface area (Å²) in [5.41, 5.74) is 25.2. The summed E-state index contributed by atoms with van der Waals surface area (Å²) >= 11 is 0. The number of anilines is 9. The SMILES string of the molecule is CC(C)(C)c1ccc(N2c3cc(N4c5ccc(C(C)(C)C)cc5Oc5cc(C(C)(C)C)ccc54)cc4c3B(c3cc5c(cc3N4c3ccc(C(C)(C)C)cc3-c3ccccc3)C(C)(C)CCC5(C)C)c3oc4ccc(C(C)(C)C)cc4c32)cc1. The van der Waals surface area contributed by atoms with Gasteiger partial charge >= 0.3 is 0 Å². The zero-order chi connectivity index (χ0) is 59.7. The summed E-state index contributed by atoms with van der Waals surface area (Å²) in [7, 11) is 0. The molecule has 428 valence electrons. The van der Waals surface area contributed by atoms with Crippen molar-refractivity contribution in [1.29, 1.82) is 0 Å². The third-order valence-electron chi connectivity index (χ3n) is 19.3. The Morgan fingerprint density at radius 1 is 0.405 bits per heavy atom. The van der Waals surface area contributed by atoms with Crippen LogP contribution in [0.3, 0.4) is 0 Å².